The molecule has 3 aromatic heterocycles. The van der Waals surface area contributed by atoms with Crippen LogP contribution in [0.2, 0.25) is 0 Å². The summed E-state index contributed by atoms with van der Waals surface area (Å²) < 4.78 is 0.890. The van der Waals surface area contributed by atoms with Gasteiger partial charge in [0, 0.05) is 10.9 Å². The van der Waals surface area contributed by atoms with E-state index in [-0.39, 0.29) is 5.91 Å². The van der Waals surface area contributed by atoms with Crippen molar-refractivity contribution in [3.63, 3.8) is 0 Å². The highest BCUT2D eigenvalue weighted by molar-refractivity contribution is 9.10. The summed E-state index contributed by atoms with van der Waals surface area (Å²) in [6.45, 7) is 5.45. The van der Waals surface area contributed by atoms with E-state index >= 15 is 0 Å². The summed E-state index contributed by atoms with van der Waals surface area (Å²) in [5.41, 5.74) is 1.55. The zero-order valence-electron chi connectivity index (χ0n) is 19.9. The molecule has 4 rings (SSSR count). The van der Waals surface area contributed by atoms with Gasteiger partial charge in [0.05, 0.1) is 16.0 Å². The number of hydrogen-bond acceptors (Lipinski definition) is 9. The van der Waals surface area contributed by atoms with Gasteiger partial charge in [-0.3, -0.25) is 9.89 Å². The zero-order chi connectivity index (χ0) is 27.1. The second-order valence-corrected chi connectivity index (χ2v) is 10.3. The molecule has 0 radical (unpaired) electrons. The van der Waals surface area contributed by atoms with E-state index in [1.165, 1.54) is 0 Å². The number of aromatic nitrogens is 3. The summed E-state index contributed by atoms with van der Waals surface area (Å²) in [5.74, 6) is -2.51. The first-order chi connectivity index (χ1) is 17.6. The van der Waals surface area contributed by atoms with Crippen LogP contribution in [0.4, 0.5) is 5.82 Å². The Hall–Kier alpha value is -2.91. The van der Waals surface area contributed by atoms with Crippen LogP contribution in [0.5, 0.6) is 0 Å². The van der Waals surface area contributed by atoms with Crippen LogP contribution in [0, 0.1) is 5.92 Å². The van der Waals surface area contributed by atoms with Gasteiger partial charge in [-0.25, -0.2) is 14.6 Å². The predicted octanol–water partition coefficient (Wildman–Crippen LogP) is 2.39. The van der Waals surface area contributed by atoms with Gasteiger partial charge in [0.15, 0.2) is 23.7 Å². The molecule has 0 bridgehead atoms. The number of hydrogen-bond donors (Lipinski definition) is 6. The number of H-pyrrole nitrogens is 1. The minimum atomic E-state index is -2.27. The fourth-order valence-electron chi connectivity index (χ4n) is 3.83. The fraction of sp³-hybridized carbons (Fsp3) is 0.435. The second-order valence-electron chi connectivity index (χ2n) is 8.46. The van der Waals surface area contributed by atoms with Crippen molar-refractivity contribution in [3.8, 4) is 10.6 Å². The van der Waals surface area contributed by atoms with Crippen LogP contribution in [0.15, 0.2) is 28.1 Å². The smallest absolute Gasteiger partial charge is 0.335 e. The second kappa shape index (κ2) is 13.1. The highest BCUT2D eigenvalue weighted by Gasteiger charge is 2.29. The highest BCUT2D eigenvalue weighted by atomic mass is 79.9. The number of nitrogens with zero attached hydrogens (tertiary/aromatic N) is 3. The summed E-state index contributed by atoms with van der Waals surface area (Å²) in [6, 6.07) is 6.00. The first kappa shape index (κ1) is 28.7. The van der Waals surface area contributed by atoms with Crippen LogP contribution in [0.25, 0.3) is 21.6 Å². The maximum absolute atomic E-state index is 12.5. The average molecular weight is 598 g/mol. The molecule has 0 aromatic carbocycles. The van der Waals surface area contributed by atoms with Crippen LogP contribution in [0.1, 0.15) is 26.2 Å². The number of rotatable bonds is 8. The number of aliphatic hydroxyl groups is 2. The first-order valence-electron chi connectivity index (χ1n) is 11.5. The number of carbonyl (C=O) groups excluding carboxylic acids is 1. The number of nitrogens with one attached hydrogen (secondary N) is 2. The van der Waals surface area contributed by atoms with E-state index in [0.29, 0.717) is 23.8 Å². The molecule has 37 heavy (non-hydrogen) atoms. The van der Waals surface area contributed by atoms with E-state index in [4.69, 9.17) is 20.4 Å². The molecule has 200 valence electrons. The Kier molecular flexibility index (Phi) is 10.1. The van der Waals surface area contributed by atoms with Gasteiger partial charge in [0.2, 0.25) is 5.91 Å². The Balaban J connectivity index is 0.000000325. The lowest BCUT2D eigenvalue weighted by Crippen LogP contribution is -2.39. The van der Waals surface area contributed by atoms with Crippen molar-refractivity contribution >= 4 is 62.0 Å². The molecule has 1 aliphatic heterocycles. The molecule has 12 nitrogen and oxygen atoms in total. The van der Waals surface area contributed by atoms with Crippen LogP contribution >= 0.6 is 27.3 Å². The molecule has 6 N–H and O–H groups in total. The standard InChI is InChI=1S/C19H22BrN5OS.C4H6O6/c1-2-25-7-5-12(6-8-25)10-16(26)21-18-13-11-14(20)17(15-4-3-9-27-15)22-19(13)24-23-18;5-1(3(7)8)2(6)4(9)10/h3-4,9,11-12H,2,5-8,10H2,1H3,(H2,21,22,23,24,26);1-2,5-6H,(H,7,8)(H,9,10). The quantitative estimate of drug-likeness (QED) is 0.225. The molecule has 1 fully saturated rings. The van der Waals surface area contributed by atoms with Crippen molar-refractivity contribution in [1.29, 1.82) is 0 Å². The monoisotopic (exact) mass is 597 g/mol. The van der Waals surface area contributed by atoms with Gasteiger partial charge in [0.25, 0.3) is 0 Å². The number of carboxylic acid groups (broad SMARTS) is 2. The molecule has 0 spiro atoms. The summed E-state index contributed by atoms with van der Waals surface area (Å²) in [5, 5.41) is 45.5. The summed E-state index contributed by atoms with van der Waals surface area (Å²) in [4.78, 5) is 40.2. The minimum absolute atomic E-state index is 0.0248. The third kappa shape index (κ3) is 7.55. The van der Waals surface area contributed by atoms with Gasteiger partial charge in [-0.05, 0) is 71.8 Å². The van der Waals surface area contributed by atoms with Crippen LogP contribution in [-0.2, 0) is 14.4 Å². The Labute approximate surface area is 224 Å². The Morgan fingerprint density at radius 3 is 2.41 bits per heavy atom. The first-order valence-corrected chi connectivity index (χ1v) is 13.2. The number of aliphatic hydroxyl groups excluding tert-OH is 2. The molecular formula is C23H28BrN5O7S. The van der Waals surface area contributed by atoms with Gasteiger partial charge in [-0.1, -0.05) is 13.0 Å². The van der Waals surface area contributed by atoms with Crippen molar-refractivity contribution in [2.45, 2.75) is 38.4 Å². The van der Waals surface area contributed by atoms with E-state index in [2.05, 4.69) is 48.3 Å². The minimum Gasteiger partial charge on any atom is -0.479 e. The molecule has 4 heterocycles. The van der Waals surface area contributed by atoms with Crippen molar-refractivity contribution in [2.24, 2.45) is 5.92 Å². The molecule has 0 aliphatic carbocycles. The number of aromatic amines is 1. The van der Waals surface area contributed by atoms with Crippen molar-refractivity contribution in [1.82, 2.24) is 20.1 Å². The van der Waals surface area contributed by atoms with Gasteiger partial charge >= 0.3 is 11.9 Å². The third-order valence-corrected chi connectivity index (χ3v) is 7.43. The molecule has 1 saturated heterocycles. The van der Waals surface area contributed by atoms with Crippen LogP contribution in [-0.4, -0.2) is 90.2 Å². The van der Waals surface area contributed by atoms with Crippen molar-refractivity contribution in [2.75, 3.05) is 25.0 Å². The zero-order valence-corrected chi connectivity index (χ0v) is 22.3. The number of halogens is 1. The predicted molar refractivity (Wildman–Crippen MR) is 140 cm³/mol. The van der Waals surface area contributed by atoms with E-state index in [1.54, 1.807) is 11.3 Å². The molecule has 2 unspecified atom stereocenters. The lowest BCUT2D eigenvalue weighted by Gasteiger charge is -2.30. The molecule has 14 heteroatoms. The van der Waals surface area contributed by atoms with E-state index in [0.717, 1.165) is 52.9 Å². The number of thiophene rings is 1. The third-order valence-electron chi connectivity index (χ3n) is 5.95. The lowest BCUT2D eigenvalue weighted by atomic mass is 9.93. The van der Waals surface area contributed by atoms with Gasteiger partial charge < -0.3 is 30.6 Å². The van der Waals surface area contributed by atoms with E-state index in [9.17, 15) is 14.4 Å². The number of carboxylic acids is 2. The molecular weight excluding hydrogens is 570 g/mol. The SMILES string of the molecule is CCN1CCC(CC(=O)Nc2n[nH]c3nc(-c4cccs4)c(Br)cc23)CC1.O=C(O)C(O)C(O)C(=O)O. The number of carbonyl (C=O) groups is 3. The number of amides is 1. The number of likely N-dealkylation sites (tertiary alicyclic amines) is 1. The van der Waals surface area contributed by atoms with Crippen LogP contribution < -0.4 is 5.32 Å². The largest absolute Gasteiger partial charge is 0.479 e. The topological polar surface area (TPSA) is 189 Å². The summed E-state index contributed by atoms with van der Waals surface area (Å²) in [7, 11) is 0. The number of pyridine rings is 1. The maximum atomic E-state index is 12.5. The van der Waals surface area contributed by atoms with Crippen molar-refractivity contribution in [3.05, 3.63) is 28.1 Å². The molecule has 2 atom stereocenters. The van der Waals surface area contributed by atoms with Gasteiger partial charge in [0.1, 0.15) is 0 Å². The normalized spacial score (nSPS) is 16.0. The highest BCUT2D eigenvalue weighted by Crippen LogP contribution is 2.34. The Morgan fingerprint density at radius 2 is 1.86 bits per heavy atom. The number of aliphatic carboxylic acids is 2. The van der Waals surface area contributed by atoms with E-state index in [1.807, 2.05) is 23.6 Å². The Bertz CT molecular complexity index is 1210. The number of fused-ring (bicyclic) bond motifs is 1. The maximum Gasteiger partial charge on any atom is 0.335 e. The van der Waals surface area contributed by atoms with Gasteiger partial charge in [-0.2, -0.15) is 5.10 Å². The number of anilines is 1. The summed E-state index contributed by atoms with van der Waals surface area (Å²) in [6.07, 6.45) is -1.82. The molecule has 1 amide bonds. The number of piperidine rings is 1. The Morgan fingerprint density at radius 1 is 1.22 bits per heavy atom. The van der Waals surface area contributed by atoms with Gasteiger partial charge in [-0.15, -0.1) is 11.3 Å². The molecule has 3 aromatic rings. The molecule has 1 aliphatic rings. The summed E-state index contributed by atoms with van der Waals surface area (Å²) >= 11 is 5.24. The fourth-order valence-corrected chi connectivity index (χ4v) is 5.22. The average Bonchev–Trinajstić information content (AvgIpc) is 3.54. The van der Waals surface area contributed by atoms with E-state index < -0.39 is 24.1 Å². The van der Waals surface area contributed by atoms with Crippen LogP contribution in [0.3, 0.4) is 0 Å². The lowest BCUT2D eigenvalue weighted by molar-refractivity contribution is -0.165. The van der Waals surface area contributed by atoms with Crippen molar-refractivity contribution < 1.29 is 34.8 Å². The molecule has 0 saturated carbocycles.